The van der Waals surface area contributed by atoms with Crippen LogP contribution in [0.15, 0.2) is 54.1 Å². The Morgan fingerprint density at radius 1 is 1.03 bits per heavy atom. The fourth-order valence-electron chi connectivity index (χ4n) is 4.30. The lowest BCUT2D eigenvalue weighted by atomic mass is 9.94. The molecule has 0 spiro atoms. The van der Waals surface area contributed by atoms with Crippen molar-refractivity contribution in [1.82, 2.24) is 0 Å². The average molecular weight is 563 g/mol. The maximum absolute atomic E-state index is 13.5. The number of amides is 1. The molecular formula is C27H22Cl3NO6. The maximum atomic E-state index is 13.5. The molecule has 3 aromatic rings. The third kappa shape index (κ3) is 4.82. The number of Topliss-reactive ketones (excluding diaryl/α,β-unsaturated/α-hetero) is 1. The van der Waals surface area contributed by atoms with Gasteiger partial charge in [-0.05, 0) is 61.4 Å². The Kier molecular flexibility index (Phi) is 7.59. The molecular weight excluding hydrogens is 541 g/mol. The van der Waals surface area contributed by atoms with Gasteiger partial charge in [0.2, 0.25) is 0 Å². The number of phenols is 1. The summed E-state index contributed by atoms with van der Waals surface area (Å²) in [5.41, 5.74) is 1.25. The summed E-state index contributed by atoms with van der Waals surface area (Å²) < 4.78 is 10.9. The van der Waals surface area contributed by atoms with Gasteiger partial charge in [-0.2, -0.15) is 0 Å². The van der Waals surface area contributed by atoms with Crippen LogP contribution in [0.2, 0.25) is 15.1 Å². The van der Waals surface area contributed by atoms with Crippen LogP contribution in [0.1, 0.15) is 29.7 Å². The number of anilines is 1. The van der Waals surface area contributed by atoms with Crippen LogP contribution in [-0.4, -0.2) is 35.6 Å². The maximum Gasteiger partial charge on any atom is 0.300 e. The van der Waals surface area contributed by atoms with Gasteiger partial charge in [-0.15, -0.1) is 0 Å². The van der Waals surface area contributed by atoms with Crippen molar-refractivity contribution in [2.24, 2.45) is 0 Å². The topological polar surface area (TPSA) is 96.3 Å². The molecule has 1 aliphatic heterocycles. The molecule has 0 aromatic heterocycles. The zero-order valence-electron chi connectivity index (χ0n) is 20.0. The van der Waals surface area contributed by atoms with E-state index in [9.17, 15) is 19.8 Å². The van der Waals surface area contributed by atoms with E-state index in [2.05, 4.69) is 0 Å². The molecule has 1 unspecified atom stereocenters. The molecule has 1 amide bonds. The van der Waals surface area contributed by atoms with Crippen LogP contribution < -0.4 is 14.4 Å². The highest BCUT2D eigenvalue weighted by atomic mass is 35.5. The molecule has 4 rings (SSSR count). The standard InChI is InChI=1S/C27H22Cl3NO6/c1-4-37-21-9-14(6-8-20(21)32)23-22(24(33)17-10-16(29)11-18(30)26(17)36-3)25(34)27(35)31(23)19-12-15(28)7-5-13(19)2/h5-12,23,32-33H,4H2,1-3H3/b24-22+. The molecule has 1 aliphatic rings. The van der Waals surface area contributed by atoms with E-state index in [1.165, 1.54) is 42.3 Å². The number of ketones is 1. The van der Waals surface area contributed by atoms with Gasteiger partial charge >= 0.3 is 0 Å². The quantitative estimate of drug-likeness (QED) is 0.197. The number of benzene rings is 3. The molecule has 2 N–H and O–H groups in total. The SMILES string of the molecule is CCOc1cc(C2/C(=C(\O)c3cc(Cl)cc(Cl)c3OC)C(=O)C(=O)N2c2cc(Cl)ccc2C)ccc1O. The second-order valence-electron chi connectivity index (χ2n) is 8.23. The van der Waals surface area contributed by atoms with E-state index in [4.69, 9.17) is 44.3 Å². The Balaban J connectivity index is 2.06. The first-order valence-corrected chi connectivity index (χ1v) is 12.3. The van der Waals surface area contributed by atoms with E-state index in [0.29, 0.717) is 21.8 Å². The van der Waals surface area contributed by atoms with Crippen molar-refractivity contribution in [2.45, 2.75) is 19.9 Å². The van der Waals surface area contributed by atoms with Crippen LogP contribution in [-0.2, 0) is 9.59 Å². The molecule has 3 aromatic carbocycles. The summed E-state index contributed by atoms with van der Waals surface area (Å²) in [6, 6.07) is 11.1. The number of hydrogen-bond acceptors (Lipinski definition) is 6. The summed E-state index contributed by atoms with van der Waals surface area (Å²) in [7, 11) is 1.35. The highest BCUT2D eigenvalue weighted by Gasteiger charge is 2.48. The van der Waals surface area contributed by atoms with Gasteiger partial charge in [0.15, 0.2) is 11.5 Å². The normalized spacial score (nSPS) is 16.8. The molecule has 1 atom stereocenters. The van der Waals surface area contributed by atoms with Crippen LogP contribution in [0.3, 0.4) is 0 Å². The second kappa shape index (κ2) is 10.5. The number of ether oxygens (including phenoxy) is 2. The lowest BCUT2D eigenvalue weighted by Crippen LogP contribution is -2.30. The largest absolute Gasteiger partial charge is 0.507 e. The van der Waals surface area contributed by atoms with Gasteiger partial charge in [-0.1, -0.05) is 46.9 Å². The molecule has 0 radical (unpaired) electrons. The first-order valence-electron chi connectivity index (χ1n) is 11.1. The van der Waals surface area contributed by atoms with Gasteiger partial charge in [0.25, 0.3) is 11.7 Å². The summed E-state index contributed by atoms with van der Waals surface area (Å²) in [4.78, 5) is 28.3. The minimum atomic E-state index is -1.11. The van der Waals surface area contributed by atoms with Gasteiger partial charge in [0.05, 0.1) is 35.9 Å². The number of rotatable bonds is 6. The Labute approximate surface area is 228 Å². The molecule has 10 heteroatoms. The highest BCUT2D eigenvalue weighted by molar-refractivity contribution is 6.52. The van der Waals surface area contributed by atoms with Crippen molar-refractivity contribution >= 4 is 57.9 Å². The molecule has 7 nitrogen and oxygen atoms in total. The van der Waals surface area contributed by atoms with Gasteiger partial charge in [-0.3, -0.25) is 14.5 Å². The van der Waals surface area contributed by atoms with Crippen LogP contribution in [0, 0.1) is 6.92 Å². The van der Waals surface area contributed by atoms with Crippen molar-refractivity contribution in [3.05, 3.63) is 85.9 Å². The molecule has 0 saturated carbocycles. The predicted octanol–water partition coefficient (Wildman–Crippen LogP) is 6.69. The number of phenolic OH excluding ortho intramolecular Hbond substituents is 1. The summed E-state index contributed by atoms with van der Waals surface area (Å²) in [6.07, 6.45) is 0. The van der Waals surface area contributed by atoms with Gasteiger partial charge < -0.3 is 19.7 Å². The van der Waals surface area contributed by atoms with Gasteiger partial charge in [-0.25, -0.2) is 0 Å². The summed E-state index contributed by atoms with van der Waals surface area (Å²) in [6.45, 7) is 3.79. The number of aromatic hydroxyl groups is 1. The molecule has 0 aliphatic carbocycles. The minimum absolute atomic E-state index is 0.0367. The number of halogens is 3. The average Bonchev–Trinajstić information content (AvgIpc) is 3.11. The smallest absolute Gasteiger partial charge is 0.300 e. The van der Waals surface area contributed by atoms with Crippen molar-refractivity contribution in [3.8, 4) is 17.2 Å². The summed E-state index contributed by atoms with van der Waals surface area (Å²) in [5.74, 6) is -2.24. The minimum Gasteiger partial charge on any atom is -0.507 e. The van der Waals surface area contributed by atoms with E-state index in [1.807, 2.05) is 0 Å². The number of carbonyl (C=O) groups is 2. The summed E-state index contributed by atoms with van der Waals surface area (Å²) in [5, 5.41) is 22.4. The van der Waals surface area contributed by atoms with E-state index in [1.54, 1.807) is 32.0 Å². The fraction of sp³-hybridized carbons (Fsp3) is 0.185. The van der Waals surface area contributed by atoms with E-state index >= 15 is 0 Å². The molecule has 1 heterocycles. The first kappa shape index (κ1) is 26.7. The number of hydrogen-bond donors (Lipinski definition) is 2. The number of methoxy groups -OCH3 is 1. The zero-order valence-corrected chi connectivity index (χ0v) is 22.3. The number of aliphatic hydroxyl groups excluding tert-OH is 1. The Bertz CT molecular complexity index is 1450. The molecule has 192 valence electrons. The fourth-order valence-corrected chi connectivity index (χ4v) is 5.04. The van der Waals surface area contributed by atoms with E-state index in [0.717, 1.165) is 0 Å². The summed E-state index contributed by atoms with van der Waals surface area (Å²) >= 11 is 18.7. The second-order valence-corrected chi connectivity index (χ2v) is 9.51. The molecule has 37 heavy (non-hydrogen) atoms. The van der Waals surface area contributed by atoms with Crippen LogP contribution >= 0.6 is 34.8 Å². The van der Waals surface area contributed by atoms with Crippen molar-refractivity contribution in [3.63, 3.8) is 0 Å². The van der Waals surface area contributed by atoms with Crippen molar-refractivity contribution in [1.29, 1.82) is 0 Å². The monoisotopic (exact) mass is 561 g/mol. The molecule has 1 saturated heterocycles. The van der Waals surface area contributed by atoms with Gasteiger partial charge in [0, 0.05) is 15.7 Å². The number of aliphatic hydroxyl groups is 1. The zero-order chi connectivity index (χ0) is 27.0. The Morgan fingerprint density at radius 3 is 2.43 bits per heavy atom. The van der Waals surface area contributed by atoms with Crippen molar-refractivity contribution < 1.29 is 29.3 Å². The third-order valence-electron chi connectivity index (χ3n) is 5.94. The predicted molar refractivity (Wildman–Crippen MR) is 143 cm³/mol. The number of aryl methyl sites for hydroxylation is 1. The third-order valence-corrected chi connectivity index (χ3v) is 6.68. The molecule has 0 bridgehead atoms. The highest BCUT2D eigenvalue weighted by Crippen LogP contribution is 2.47. The first-order chi connectivity index (χ1) is 17.6. The van der Waals surface area contributed by atoms with Gasteiger partial charge in [0.1, 0.15) is 11.5 Å². The lowest BCUT2D eigenvalue weighted by Gasteiger charge is -2.27. The molecule has 1 fully saturated rings. The Hall–Kier alpha value is -3.39. The van der Waals surface area contributed by atoms with E-state index < -0.39 is 23.5 Å². The lowest BCUT2D eigenvalue weighted by molar-refractivity contribution is -0.132. The van der Waals surface area contributed by atoms with Crippen LogP contribution in [0.4, 0.5) is 5.69 Å². The van der Waals surface area contributed by atoms with E-state index in [-0.39, 0.29) is 45.0 Å². The van der Waals surface area contributed by atoms with Crippen LogP contribution in [0.5, 0.6) is 17.2 Å². The Morgan fingerprint density at radius 2 is 1.76 bits per heavy atom. The van der Waals surface area contributed by atoms with Crippen LogP contribution in [0.25, 0.3) is 5.76 Å². The number of carbonyl (C=O) groups excluding carboxylic acids is 2. The number of nitrogens with zero attached hydrogens (tertiary/aromatic N) is 1. The van der Waals surface area contributed by atoms with Crippen molar-refractivity contribution in [2.75, 3.05) is 18.6 Å².